The maximum atomic E-state index is 11.6. The molecule has 0 N–H and O–H groups in total. The van der Waals surface area contributed by atoms with E-state index in [1.54, 1.807) is 5.06 Å². The molecule has 166 valence electrons. The lowest BCUT2D eigenvalue weighted by molar-refractivity contribution is -0.137. The predicted molar refractivity (Wildman–Crippen MR) is 117 cm³/mol. The third kappa shape index (κ3) is 16.2. The van der Waals surface area contributed by atoms with Crippen LogP contribution in [0.3, 0.4) is 0 Å². The maximum Gasteiger partial charge on any atom is 0.527 e. The molecule has 0 aromatic rings. The first-order valence-electron chi connectivity index (χ1n) is 12.4. The second kappa shape index (κ2) is 19.5. The minimum atomic E-state index is -0.525. The van der Waals surface area contributed by atoms with E-state index in [9.17, 15) is 4.79 Å². The minimum absolute atomic E-state index is 0.491. The Bertz CT molecular complexity index is 343. The van der Waals surface area contributed by atoms with Gasteiger partial charge in [-0.25, -0.2) is 4.79 Å². The standard InChI is InChI=1S/C24H47NO3/c1-2-3-4-5-6-7-8-9-10-11-12-13-14-15-16-20-23-27-24(26)28-25-21-18-17-19-22-25/h2-23H2,1H3. The summed E-state index contributed by atoms with van der Waals surface area (Å²) in [4.78, 5) is 16.8. The van der Waals surface area contributed by atoms with Gasteiger partial charge in [-0.05, 0) is 19.3 Å². The van der Waals surface area contributed by atoms with Crippen LogP contribution in [0.2, 0.25) is 0 Å². The molecule has 28 heavy (non-hydrogen) atoms. The molecule has 0 unspecified atom stereocenters. The van der Waals surface area contributed by atoms with E-state index in [1.165, 1.54) is 96.3 Å². The summed E-state index contributed by atoms with van der Waals surface area (Å²) in [7, 11) is 0. The van der Waals surface area contributed by atoms with Crippen LogP contribution >= 0.6 is 0 Å². The summed E-state index contributed by atoms with van der Waals surface area (Å²) in [6.07, 6.45) is 24.5. The van der Waals surface area contributed by atoms with Crippen molar-refractivity contribution in [3.8, 4) is 0 Å². The SMILES string of the molecule is CCCCCCCCCCCCCCCCCCOC(=O)ON1CCCCC1. The van der Waals surface area contributed by atoms with Gasteiger partial charge < -0.3 is 9.57 Å². The van der Waals surface area contributed by atoms with E-state index in [-0.39, 0.29) is 0 Å². The van der Waals surface area contributed by atoms with Gasteiger partial charge in [0.1, 0.15) is 0 Å². The van der Waals surface area contributed by atoms with Gasteiger partial charge in [-0.3, -0.25) is 0 Å². The Hall–Kier alpha value is -0.770. The molecule has 0 radical (unpaired) electrons. The van der Waals surface area contributed by atoms with Crippen LogP contribution in [0.15, 0.2) is 0 Å². The van der Waals surface area contributed by atoms with Gasteiger partial charge in [0.05, 0.1) is 6.61 Å². The Morgan fingerprint density at radius 1 is 0.643 bits per heavy atom. The summed E-state index contributed by atoms with van der Waals surface area (Å²) in [5.74, 6) is 0. The van der Waals surface area contributed by atoms with Crippen molar-refractivity contribution in [2.75, 3.05) is 19.7 Å². The fourth-order valence-corrected chi connectivity index (χ4v) is 3.89. The summed E-state index contributed by atoms with van der Waals surface area (Å²) in [6.45, 7) is 4.46. The van der Waals surface area contributed by atoms with Crippen molar-refractivity contribution in [1.29, 1.82) is 0 Å². The molecule has 1 saturated heterocycles. The Kier molecular flexibility index (Phi) is 17.6. The molecule has 1 rings (SSSR count). The first-order valence-corrected chi connectivity index (χ1v) is 12.4. The van der Waals surface area contributed by atoms with E-state index in [4.69, 9.17) is 9.57 Å². The van der Waals surface area contributed by atoms with Crippen LogP contribution in [0.1, 0.15) is 129 Å². The van der Waals surface area contributed by atoms with Crippen molar-refractivity contribution in [2.45, 2.75) is 129 Å². The number of carbonyl (C=O) groups is 1. The molecule has 1 heterocycles. The number of nitrogens with zero attached hydrogens (tertiary/aromatic N) is 1. The van der Waals surface area contributed by atoms with Crippen LogP contribution in [-0.2, 0) is 9.57 Å². The highest BCUT2D eigenvalue weighted by Crippen LogP contribution is 2.14. The molecule has 4 heteroatoms. The third-order valence-electron chi connectivity index (χ3n) is 5.74. The number of rotatable bonds is 18. The lowest BCUT2D eigenvalue weighted by Gasteiger charge is -2.24. The van der Waals surface area contributed by atoms with Gasteiger partial charge >= 0.3 is 6.16 Å². The number of hydrogen-bond acceptors (Lipinski definition) is 4. The molecular formula is C24H47NO3. The molecule has 0 saturated carbocycles. The summed E-state index contributed by atoms with van der Waals surface area (Å²) < 4.78 is 5.16. The molecule has 1 aliphatic heterocycles. The highest BCUT2D eigenvalue weighted by Gasteiger charge is 2.15. The van der Waals surface area contributed by atoms with Gasteiger partial charge in [0, 0.05) is 13.1 Å². The van der Waals surface area contributed by atoms with Crippen LogP contribution < -0.4 is 0 Å². The number of ether oxygens (including phenoxy) is 1. The van der Waals surface area contributed by atoms with Gasteiger partial charge in [-0.1, -0.05) is 110 Å². The molecule has 1 aliphatic rings. The average molecular weight is 398 g/mol. The van der Waals surface area contributed by atoms with Gasteiger partial charge in [0.15, 0.2) is 0 Å². The van der Waals surface area contributed by atoms with Crippen LogP contribution in [0.25, 0.3) is 0 Å². The number of hydroxylamine groups is 2. The zero-order chi connectivity index (χ0) is 20.1. The Labute approximate surface area is 174 Å². The zero-order valence-electron chi connectivity index (χ0n) is 18.7. The highest BCUT2D eigenvalue weighted by atomic mass is 16.8. The average Bonchev–Trinajstić information content (AvgIpc) is 2.71. The first kappa shape index (κ1) is 25.3. The normalized spacial score (nSPS) is 14.9. The van der Waals surface area contributed by atoms with Crippen LogP contribution in [-0.4, -0.2) is 30.9 Å². The topological polar surface area (TPSA) is 38.8 Å². The van der Waals surface area contributed by atoms with Gasteiger partial charge in [-0.2, -0.15) is 0 Å². The number of piperidine rings is 1. The minimum Gasteiger partial charge on any atom is -0.433 e. The van der Waals surface area contributed by atoms with Gasteiger partial charge in [0.25, 0.3) is 0 Å². The van der Waals surface area contributed by atoms with E-state index < -0.39 is 6.16 Å². The quantitative estimate of drug-likeness (QED) is 0.175. The summed E-state index contributed by atoms with van der Waals surface area (Å²) in [5.41, 5.74) is 0. The highest BCUT2D eigenvalue weighted by molar-refractivity contribution is 5.59. The second-order valence-electron chi connectivity index (χ2n) is 8.48. The monoisotopic (exact) mass is 397 g/mol. The lowest BCUT2D eigenvalue weighted by Crippen LogP contribution is -2.32. The fourth-order valence-electron chi connectivity index (χ4n) is 3.89. The summed E-state index contributed by atoms with van der Waals surface area (Å²) >= 11 is 0. The van der Waals surface area contributed by atoms with Gasteiger partial charge in [0.2, 0.25) is 0 Å². The van der Waals surface area contributed by atoms with Crippen molar-refractivity contribution in [3.05, 3.63) is 0 Å². The molecule has 0 aromatic heterocycles. The molecule has 4 nitrogen and oxygen atoms in total. The summed E-state index contributed by atoms with van der Waals surface area (Å²) in [6, 6.07) is 0. The number of carbonyl (C=O) groups excluding carboxylic acids is 1. The molecule has 0 amide bonds. The van der Waals surface area contributed by atoms with E-state index in [1.807, 2.05) is 0 Å². The van der Waals surface area contributed by atoms with Crippen LogP contribution in [0, 0.1) is 0 Å². The Morgan fingerprint density at radius 2 is 1.07 bits per heavy atom. The molecule has 0 bridgehead atoms. The van der Waals surface area contributed by atoms with Crippen molar-refractivity contribution < 1.29 is 14.4 Å². The predicted octanol–water partition coefficient (Wildman–Crippen LogP) is 7.80. The molecule has 1 fully saturated rings. The van der Waals surface area contributed by atoms with Crippen LogP contribution in [0.4, 0.5) is 4.79 Å². The van der Waals surface area contributed by atoms with Crippen molar-refractivity contribution >= 4 is 6.16 Å². The van der Waals surface area contributed by atoms with Crippen molar-refractivity contribution in [2.24, 2.45) is 0 Å². The van der Waals surface area contributed by atoms with Crippen molar-refractivity contribution in [1.82, 2.24) is 5.06 Å². The molecule has 0 aromatic carbocycles. The third-order valence-corrected chi connectivity index (χ3v) is 5.74. The van der Waals surface area contributed by atoms with Crippen LogP contribution in [0.5, 0.6) is 0 Å². The zero-order valence-corrected chi connectivity index (χ0v) is 18.7. The van der Waals surface area contributed by atoms with Crippen molar-refractivity contribution in [3.63, 3.8) is 0 Å². The Morgan fingerprint density at radius 3 is 1.54 bits per heavy atom. The summed E-state index contributed by atoms with van der Waals surface area (Å²) in [5, 5.41) is 1.74. The molecule has 0 spiro atoms. The van der Waals surface area contributed by atoms with E-state index in [2.05, 4.69) is 6.92 Å². The molecular weight excluding hydrogens is 350 g/mol. The second-order valence-corrected chi connectivity index (χ2v) is 8.48. The van der Waals surface area contributed by atoms with E-state index in [0.29, 0.717) is 6.61 Å². The lowest BCUT2D eigenvalue weighted by atomic mass is 10.0. The van der Waals surface area contributed by atoms with E-state index in [0.717, 1.165) is 38.8 Å². The molecule has 0 atom stereocenters. The fraction of sp³-hybridized carbons (Fsp3) is 0.958. The first-order chi connectivity index (χ1) is 13.8. The molecule has 0 aliphatic carbocycles. The maximum absolute atomic E-state index is 11.6. The van der Waals surface area contributed by atoms with Gasteiger partial charge in [-0.15, -0.1) is 5.06 Å². The number of hydrogen-bond donors (Lipinski definition) is 0. The van der Waals surface area contributed by atoms with E-state index >= 15 is 0 Å². The largest absolute Gasteiger partial charge is 0.527 e. The Balaban J connectivity index is 1.71. The smallest absolute Gasteiger partial charge is 0.433 e. The number of unbranched alkanes of at least 4 members (excludes halogenated alkanes) is 15.